The van der Waals surface area contributed by atoms with Crippen LogP contribution in [0.25, 0.3) is 44.9 Å². The van der Waals surface area contributed by atoms with Crippen molar-refractivity contribution in [1.82, 2.24) is 15.0 Å². The van der Waals surface area contributed by atoms with E-state index in [0.717, 1.165) is 44.5 Å². The van der Waals surface area contributed by atoms with E-state index in [1.54, 1.807) is 0 Å². The third-order valence-electron chi connectivity index (χ3n) is 7.11. The Morgan fingerprint density at radius 1 is 0.341 bits per heavy atom. The lowest BCUT2D eigenvalue weighted by molar-refractivity contribution is 1.08. The van der Waals surface area contributed by atoms with Gasteiger partial charge in [0, 0.05) is 33.5 Å². The molecule has 0 aliphatic rings. The zero-order valence-corrected chi connectivity index (χ0v) is 22.3. The van der Waals surface area contributed by atoms with Gasteiger partial charge in [0.05, 0.1) is 5.69 Å². The smallest absolute Gasteiger partial charge is 0.164 e. The average Bonchev–Trinajstić information content (AvgIpc) is 3.06. The van der Waals surface area contributed by atoms with E-state index in [2.05, 4.69) is 89.8 Å². The van der Waals surface area contributed by atoms with Crippen LogP contribution in [0.5, 0.6) is 0 Å². The fourth-order valence-electron chi connectivity index (χ4n) is 5.18. The number of hydrogen-bond donors (Lipinski definition) is 0. The molecule has 0 unspecified atom stereocenters. The molecule has 0 spiro atoms. The Morgan fingerprint density at radius 3 is 1.27 bits per heavy atom. The van der Waals surface area contributed by atoms with Crippen molar-refractivity contribution >= 4 is 27.8 Å². The highest BCUT2D eigenvalue weighted by atomic mass is 15.1. The second-order valence-corrected chi connectivity index (χ2v) is 9.72. The van der Waals surface area contributed by atoms with Gasteiger partial charge in [-0.25, -0.2) is 15.0 Å². The Balaban J connectivity index is 1.45. The van der Waals surface area contributed by atoms with Gasteiger partial charge in [0.15, 0.2) is 17.5 Å². The maximum Gasteiger partial charge on any atom is 0.164 e. The Kier molecular flexibility index (Phi) is 6.48. The van der Waals surface area contributed by atoms with E-state index in [9.17, 15) is 0 Å². The SMILES string of the molecule is c1ccc(-c2nc(-c3ccccc3)nc(-c3ccc(N(c4ccccc4)c4ccccc4)c4ccccc34)n2)cc1. The van der Waals surface area contributed by atoms with Gasteiger partial charge in [-0.3, -0.25) is 0 Å². The first-order valence-corrected chi connectivity index (χ1v) is 13.6. The van der Waals surface area contributed by atoms with Crippen LogP contribution < -0.4 is 4.90 Å². The number of fused-ring (bicyclic) bond motifs is 1. The Labute approximate surface area is 239 Å². The molecule has 1 aromatic heterocycles. The maximum absolute atomic E-state index is 5.00. The first kappa shape index (κ1) is 24.4. The third-order valence-corrected chi connectivity index (χ3v) is 7.11. The zero-order chi connectivity index (χ0) is 27.4. The number of benzene rings is 6. The molecule has 0 atom stereocenters. The van der Waals surface area contributed by atoms with Crippen LogP contribution in [-0.4, -0.2) is 15.0 Å². The van der Waals surface area contributed by atoms with Gasteiger partial charge in [0.25, 0.3) is 0 Å². The van der Waals surface area contributed by atoms with Crippen LogP contribution in [0, 0.1) is 0 Å². The molecule has 0 radical (unpaired) electrons. The number of aromatic nitrogens is 3. The van der Waals surface area contributed by atoms with E-state index in [0.29, 0.717) is 17.5 Å². The predicted octanol–water partition coefficient (Wildman–Crippen LogP) is 9.50. The van der Waals surface area contributed by atoms with Crippen molar-refractivity contribution in [3.05, 3.63) is 158 Å². The molecule has 7 rings (SSSR count). The van der Waals surface area contributed by atoms with Crippen LogP contribution in [0.3, 0.4) is 0 Å². The van der Waals surface area contributed by atoms with Gasteiger partial charge >= 0.3 is 0 Å². The number of rotatable bonds is 6. The molecular weight excluding hydrogens is 500 g/mol. The minimum absolute atomic E-state index is 0.645. The van der Waals surface area contributed by atoms with Gasteiger partial charge in [-0.1, -0.05) is 121 Å². The van der Waals surface area contributed by atoms with Gasteiger partial charge in [0.2, 0.25) is 0 Å². The van der Waals surface area contributed by atoms with Gasteiger partial charge in [0.1, 0.15) is 0 Å². The van der Waals surface area contributed by atoms with Crippen molar-refractivity contribution in [3.63, 3.8) is 0 Å². The first-order valence-electron chi connectivity index (χ1n) is 13.6. The lowest BCUT2D eigenvalue weighted by Crippen LogP contribution is -2.10. The van der Waals surface area contributed by atoms with Crippen LogP contribution in [-0.2, 0) is 0 Å². The van der Waals surface area contributed by atoms with Gasteiger partial charge in [-0.2, -0.15) is 0 Å². The quantitative estimate of drug-likeness (QED) is 0.216. The third kappa shape index (κ3) is 4.83. The van der Waals surface area contributed by atoms with Crippen LogP contribution in [0.2, 0.25) is 0 Å². The zero-order valence-electron chi connectivity index (χ0n) is 22.3. The molecule has 0 saturated heterocycles. The van der Waals surface area contributed by atoms with Crippen molar-refractivity contribution < 1.29 is 0 Å². The number of para-hydroxylation sites is 2. The largest absolute Gasteiger partial charge is 0.310 e. The molecule has 0 aliphatic heterocycles. The standard InChI is InChI=1S/C37H26N4/c1-5-15-27(16-6-1)35-38-36(28-17-7-2-8-18-28)40-37(39-35)33-25-26-34(32-24-14-13-23-31(32)33)41(29-19-9-3-10-20-29)30-21-11-4-12-22-30/h1-26H. The molecule has 0 bridgehead atoms. The molecule has 0 aliphatic carbocycles. The van der Waals surface area contributed by atoms with E-state index in [-0.39, 0.29) is 0 Å². The van der Waals surface area contributed by atoms with Crippen molar-refractivity contribution in [3.8, 4) is 34.2 Å². The number of anilines is 3. The maximum atomic E-state index is 5.00. The van der Waals surface area contributed by atoms with Gasteiger partial charge < -0.3 is 4.90 Å². The Morgan fingerprint density at radius 2 is 0.756 bits per heavy atom. The highest BCUT2D eigenvalue weighted by molar-refractivity contribution is 6.05. The Hall–Kier alpha value is -5.61. The number of nitrogens with zero attached hydrogens (tertiary/aromatic N) is 4. The van der Waals surface area contributed by atoms with E-state index >= 15 is 0 Å². The van der Waals surface area contributed by atoms with Crippen molar-refractivity contribution in [2.45, 2.75) is 0 Å². The summed E-state index contributed by atoms with van der Waals surface area (Å²) in [5.41, 5.74) is 6.13. The molecule has 0 fully saturated rings. The summed E-state index contributed by atoms with van der Waals surface area (Å²) in [6, 6.07) is 53.9. The average molecular weight is 527 g/mol. The van der Waals surface area contributed by atoms with Crippen molar-refractivity contribution in [1.29, 1.82) is 0 Å². The fraction of sp³-hybridized carbons (Fsp3) is 0. The minimum Gasteiger partial charge on any atom is -0.310 e. The molecular formula is C37H26N4. The van der Waals surface area contributed by atoms with Crippen LogP contribution in [0.1, 0.15) is 0 Å². The molecule has 7 aromatic rings. The highest BCUT2D eigenvalue weighted by Gasteiger charge is 2.19. The topological polar surface area (TPSA) is 41.9 Å². The van der Waals surface area contributed by atoms with E-state index in [1.165, 1.54) is 0 Å². The van der Waals surface area contributed by atoms with E-state index < -0.39 is 0 Å². The summed E-state index contributed by atoms with van der Waals surface area (Å²) in [5.74, 6) is 1.95. The molecule has 0 saturated carbocycles. The van der Waals surface area contributed by atoms with E-state index in [4.69, 9.17) is 15.0 Å². The molecule has 1 heterocycles. The lowest BCUT2D eigenvalue weighted by Gasteiger charge is -2.27. The minimum atomic E-state index is 0.645. The van der Waals surface area contributed by atoms with Crippen molar-refractivity contribution in [2.75, 3.05) is 4.90 Å². The number of hydrogen-bond acceptors (Lipinski definition) is 4. The molecule has 6 aromatic carbocycles. The second kappa shape index (κ2) is 10.9. The van der Waals surface area contributed by atoms with Crippen molar-refractivity contribution in [2.24, 2.45) is 0 Å². The molecule has 41 heavy (non-hydrogen) atoms. The Bertz CT molecular complexity index is 1830. The van der Waals surface area contributed by atoms with E-state index in [1.807, 2.05) is 72.8 Å². The monoisotopic (exact) mass is 526 g/mol. The summed E-state index contributed by atoms with van der Waals surface area (Å²) in [7, 11) is 0. The highest BCUT2D eigenvalue weighted by Crippen LogP contribution is 2.41. The summed E-state index contributed by atoms with van der Waals surface area (Å²) in [6.07, 6.45) is 0. The summed E-state index contributed by atoms with van der Waals surface area (Å²) in [6.45, 7) is 0. The van der Waals surface area contributed by atoms with Crippen LogP contribution in [0.15, 0.2) is 158 Å². The summed E-state index contributed by atoms with van der Waals surface area (Å²) in [4.78, 5) is 17.2. The van der Waals surface area contributed by atoms with Crippen LogP contribution in [0.4, 0.5) is 17.1 Å². The molecule has 0 amide bonds. The fourth-order valence-corrected chi connectivity index (χ4v) is 5.18. The first-order chi connectivity index (χ1) is 20.3. The molecule has 194 valence electrons. The summed E-state index contributed by atoms with van der Waals surface area (Å²) < 4.78 is 0. The molecule has 4 heteroatoms. The van der Waals surface area contributed by atoms with Gasteiger partial charge in [-0.05, 0) is 41.8 Å². The second-order valence-electron chi connectivity index (χ2n) is 9.72. The lowest BCUT2D eigenvalue weighted by atomic mass is 10.0. The molecule has 4 nitrogen and oxygen atoms in total. The summed E-state index contributed by atoms with van der Waals surface area (Å²) in [5, 5.41) is 2.19. The van der Waals surface area contributed by atoms with Crippen LogP contribution >= 0.6 is 0 Å². The normalized spacial score (nSPS) is 10.9. The molecule has 0 N–H and O–H groups in total. The predicted molar refractivity (Wildman–Crippen MR) is 168 cm³/mol. The van der Waals surface area contributed by atoms with Gasteiger partial charge in [-0.15, -0.1) is 0 Å². The summed E-state index contributed by atoms with van der Waals surface area (Å²) >= 11 is 0.